The summed E-state index contributed by atoms with van der Waals surface area (Å²) in [4.78, 5) is 22.9. The van der Waals surface area contributed by atoms with E-state index in [1.165, 1.54) is 6.07 Å². The van der Waals surface area contributed by atoms with E-state index in [4.69, 9.17) is 15.2 Å². The van der Waals surface area contributed by atoms with E-state index in [9.17, 15) is 18.0 Å². The Labute approximate surface area is 187 Å². The van der Waals surface area contributed by atoms with Gasteiger partial charge in [0.05, 0.1) is 37.5 Å². The second kappa shape index (κ2) is 7.96. The first-order valence-electron chi connectivity index (χ1n) is 10.5. The van der Waals surface area contributed by atoms with E-state index in [1.54, 1.807) is 23.1 Å². The molecule has 2 aliphatic heterocycles. The number of anilines is 1. The van der Waals surface area contributed by atoms with Gasteiger partial charge in [0.25, 0.3) is 5.91 Å². The zero-order valence-electron chi connectivity index (χ0n) is 17.7. The summed E-state index contributed by atoms with van der Waals surface area (Å²) in [5.74, 6) is 0.112. The molecule has 7 nitrogen and oxygen atoms in total. The van der Waals surface area contributed by atoms with Gasteiger partial charge in [-0.3, -0.25) is 9.78 Å². The summed E-state index contributed by atoms with van der Waals surface area (Å²) in [6, 6.07) is 6.93. The quantitative estimate of drug-likeness (QED) is 0.624. The molecule has 1 aromatic carbocycles. The van der Waals surface area contributed by atoms with Gasteiger partial charge in [-0.1, -0.05) is 0 Å². The number of carbonyl (C=O) groups excluding carboxylic acids is 1. The molecule has 4 heterocycles. The van der Waals surface area contributed by atoms with Crippen molar-refractivity contribution < 1.29 is 27.4 Å². The number of hydrogen-bond donors (Lipinski definition) is 1. The molecule has 172 valence electrons. The standard InChI is InChI=1S/C23H21F3N4O3/c1-12-20-16(10-33-12)15-8-14(2-3-17(15)29-21(20)27)22(31)30-6-7-32-11-18(30)13-4-5-28-19(9-13)23(24,25)26/h2-5,8-9,12,18H,6-7,10-11H2,1H3,(H2,27,29)/t12-,18-/m1/s1. The average Bonchev–Trinajstić information content (AvgIpc) is 3.20. The molecule has 1 amide bonds. The number of morpholine rings is 1. The maximum Gasteiger partial charge on any atom is 0.433 e. The van der Waals surface area contributed by atoms with Gasteiger partial charge in [-0.15, -0.1) is 0 Å². The molecule has 0 saturated carbocycles. The number of nitrogens with zero attached hydrogens (tertiary/aromatic N) is 3. The van der Waals surface area contributed by atoms with Crippen LogP contribution in [0.1, 0.15) is 51.8 Å². The van der Waals surface area contributed by atoms with Gasteiger partial charge in [0, 0.05) is 29.3 Å². The summed E-state index contributed by atoms with van der Waals surface area (Å²) in [7, 11) is 0. The van der Waals surface area contributed by atoms with Crippen molar-refractivity contribution >= 4 is 22.6 Å². The van der Waals surface area contributed by atoms with Crippen LogP contribution in [0, 0.1) is 0 Å². The lowest BCUT2D eigenvalue weighted by Crippen LogP contribution is -2.43. The van der Waals surface area contributed by atoms with Gasteiger partial charge in [-0.2, -0.15) is 13.2 Å². The molecule has 0 bridgehead atoms. The molecule has 1 fully saturated rings. The van der Waals surface area contributed by atoms with Crippen molar-refractivity contribution in [3.8, 4) is 0 Å². The number of rotatable bonds is 2. The van der Waals surface area contributed by atoms with Crippen molar-refractivity contribution in [1.82, 2.24) is 14.9 Å². The Bertz CT molecular complexity index is 1250. The van der Waals surface area contributed by atoms with Crippen LogP contribution in [-0.4, -0.2) is 40.5 Å². The monoisotopic (exact) mass is 458 g/mol. The lowest BCUT2D eigenvalue weighted by atomic mass is 9.99. The van der Waals surface area contributed by atoms with Gasteiger partial charge in [0.2, 0.25) is 0 Å². The lowest BCUT2D eigenvalue weighted by Gasteiger charge is -2.36. The number of pyridine rings is 2. The van der Waals surface area contributed by atoms with Gasteiger partial charge >= 0.3 is 6.18 Å². The maximum absolute atomic E-state index is 13.5. The summed E-state index contributed by atoms with van der Waals surface area (Å²) in [5, 5.41) is 0.780. The molecular formula is C23H21F3N4O3. The first kappa shape index (κ1) is 21.6. The van der Waals surface area contributed by atoms with Crippen LogP contribution in [-0.2, 0) is 22.3 Å². The van der Waals surface area contributed by atoms with Gasteiger partial charge in [0.15, 0.2) is 0 Å². The fraction of sp³-hybridized carbons (Fsp3) is 0.348. The highest BCUT2D eigenvalue weighted by Crippen LogP contribution is 2.38. The van der Waals surface area contributed by atoms with E-state index in [0.717, 1.165) is 28.8 Å². The van der Waals surface area contributed by atoms with E-state index < -0.39 is 17.9 Å². The number of alkyl halides is 3. The molecule has 2 atom stereocenters. The van der Waals surface area contributed by atoms with Crippen molar-refractivity contribution in [3.05, 3.63) is 64.5 Å². The van der Waals surface area contributed by atoms with E-state index in [0.29, 0.717) is 35.7 Å². The molecule has 33 heavy (non-hydrogen) atoms. The number of nitrogen functional groups attached to an aromatic ring is 1. The number of ether oxygens (including phenoxy) is 2. The topological polar surface area (TPSA) is 90.6 Å². The van der Waals surface area contributed by atoms with Gasteiger partial charge in [-0.05, 0) is 48.4 Å². The van der Waals surface area contributed by atoms with Crippen molar-refractivity contribution in [2.45, 2.75) is 31.9 Å². The Balaban J connectivity index is 1.52. The molecule has 2 N–H and O–H groups in total. The SMILES string of the molecule is C[C@H]1OCc2c1c(N)nc1ccc(C(=O)N3CCOC[C@@H]3c3ccnc(C(F)(F)F)c3)cc21. The minimum atomic E-state index is -4.58. The van der Waals surface area contributed by atoms with E-state index in [2.05, 4.69) is 9.97 Å². The lowest BCUT2D eigenvalue weighted by molar-refractivity contribution is -0.141. The van der Waals surface area contributed by atoms with Gasteiger partial charge in [0.1, 0.15) is 11.5 Å². The van der Waals surface area contributed by atoms with Gasteiger partial charge < -0.3 is 20.1 Å². The zero-order valence-corrected chi connectivity index (χ0v) is 17.7. The van der Waals surface area contributed by atoms with E-state index >= 15 is 0 Å². The van der Waals surface area contributed by atoms with Gasteiger partial charge in [-0.25, -0.2) is 4.98 Å². The van der Waals surface area contributed by atoms with Crippen molar-refractivity contribution in [3.63, 3.8) is 0 Å². The Morgan fingerprint density at radius 3 is 2.85 bits per heavy atom. The fourth-order valence-electron chi connectivity index (χ4n) is 4.50. The number of carbonyl (C=O) groups is 1. The summed E-state index contributed by atoms with van der Waals surface area (Å²) in [5.41, 5.74) is 8.22. The van der Waals surface area contributed by atoms with E-state index in [1.807, 2.05) is 6.92 Å². The number of halogens is 3. The van der Waals surface area contributed by atoms with Crippen LogP contribution >= 0.6 is 0 Å². The predicted molar refractivity (Wildman–Crippen MR) is 113 cm³/mol. The number of nitrogens with two attached hydrogens (primary N) is 1. The Kier molecular flexibility index (Phi) is 5.21. The molecule has 0 spiro atoms. The van der Waals surface area contributed by atoms with Crippen LogP contribution in [0.2, 0.25) is 0 Å². The first-order chi connectivity index (χ1) is 15.7. The second-order valence-electron chi connectivity index (χ2n) is 8.14. The van der Waals surface area contributed by atoms with Crippen LogP contribution in [0.4, 0.5) is 19.0 Å². The Morgan fingerprint density at radius 2 is 2.06 bits per heavy atom. The number of benzene rings is 1. The first-order valence-corrected chi connectivity index (χ1v) is 10.5. The summed E-state index contributed by atoms with van der Waals surface area (Å²) >= 11 is 0. The van der Waals surface area contributed by atoms with Crippen molar-refractivity contribution in [1.29, 1.82) is 0 Å². The predicted octanol–water partition coefficient (Wildman–Crippen LogP) is 4.04. The molecule has 3 aromatic rings. The fourth-order valence-corrected chi connectivity index (χ4v) is 4.50. The molecule has 1 saturated heterocycles. The normalized spacial score (nSPS) is 20.8. The molecule has 0 unspecified atom stereocenters. The smallest absolute Gasteiger partial charge is 0.383 e. The maximum atomic E-state index is 13.5. The molecule has 0 aliphatic carbocycles. The van der Waals surface area contributed by atoms with Crippen LogP contribution in [0.25, 0.3) is 10.9 Å². The van der Waals surface area contributed by atoms with Crippen LogP contribution < -0.4 is 5.73 Å². The largest absolute Gasteiger partial charge is 0.433 e. The third-order valence-electron chi connectivity index (χ3n) is 6.14. The minimum absolute atomic E-state index is 0.0967. The number of hydrogen-bond acceptors (Lipinski definition) is 6. The van der Waals surface area contributed by atoms with Crippen LogP contribution in [0.3, 0.4) is 0 Å². The summed E-state index contributed by atoms with van der Waals surface area (Å²) < 4.78 is 50.7. The highest BCUT2D eigenvalue weighted by atomic mass is 19.4. The van der Waals surface area contributed by atoms with Crippen molar-refractivity contribution in [2.75, 3.05) is 25.5 Å². The molecule has 2 aromatic heterocycles. The minimum Gasteiger partial charge on any atom is -0.383 e. The van der Waals surface area contributed by atoms with Crippen molar-refractivity contribution in [2.24, 2.45) is 0 Å². The van der Waals surface area contributed by atoms with Crippen LogP contribution in [0.5, 0.6) is 0 Å². The number of aromatic nitrogens is 2. The summed E-state index contributed by atoms with van der Waals surface area (Å²) in [6.45, 7) is 2.91. The number of amides is 1. The Hall–Kier alpha value is -3.24. The molecule has 10 heteroatoms. The number of fused-ring (bicyclic) bond motifs is 3. The van der Waals surface area contributed by atoms with Crippen LogP contribution in [0.15, 0.2) is 36.5 Å². The Morgan fingerprint density at radius 1 is 1.24 bits per heavy atom. The second-order valence-corrected chi connectivity index (χ2v) is 8.14. The van der Waals surface area contributed by atoms with E-state index in [-0.39, 0.29) is 25.2 Å². The molecule has 0 radical (unpaired) electrons. The zero-order chi connectivity index (χ0) is 23.3. The molecule has 5 rings (SSSR count). The molecule has 2 aliphatic rings. The highest BCUT2D eigenvalue weighted by molar-refractivity contribution is 5.99. The molecular weight excluding hydrogens is 437 g/mol. The third kappa shape index (κ3) is 3.79. The third-order valence-corrected chi connectivity index (χ3v) is 6.14. The summed E-state index contributed by atoms with van der Waals surface area (Å²) in [6.07, 6.45) is -3.66. The highest BCUT2D eigenvalue weighted by Gasteiger charge is 2.35. The average molecular weight is 458 g/mol.